The number of benzene rings is 2. The Labute approximate surface area is 129 Å². The largest absolute Gasteiger partial charge is 0.361 e. The molecule has 0 saturated heterocycles. The average Bonchev–Trinajstić information content (AvgIpc) is 3.23. The number of para-hydroxylation sites is 2. The molecule has 1 fully saturated rings. The third-order valence-electron chi connectivity index (χ3n) is 4.68. The van der Waals surface area contributed by atoms with Crippen molar-refractivity contribution in [3.05, 3.63) is 65.9 Å². The number of aromatic amines is 1. The van der Waals surface area contributed by atoms with Crippen LogP contribution in [0.2, 0.25) is 0 Å². The fraction of sp³-hybridized carbons (Fsp3) is 0.211. The normalized spacial score (nSPS) is 15.7. The summed E-state index contributed by atoms with van der Waals surface area (Å²) in [5.41, 5.74) is 3.83. The van der Waals surface area contributed by atoms with Gasteiger partial charge in [0.2, 0.25) is 5.91 Å². The third-order valence-corrected chi connectivity index (χ3v) is 4.68. The van der Waals surface area contributed by atoms with Crippen LogP contribution in [0.1, 0.15) is 24.0 Å². The van der Waals surface area contributed by atoms with E-state index in [0.29, 0.717) is 0 Å². The van der Waals surface area contributed by atoms with Gasteiger partial charge in [-0.2, -0.15) is 0 Å². The van der Waals surface area contributed by atoms with Crippen molar-refractivity contribution in [2.24, 2.45) is 0 Å². The van der Waals surface area contributed by atoms with Crippen molar-refractivity contribution in [1.29, 1.82) is 0 Å². The molecule has 1 aliphatic carbocycles. The number of carbonyl (C=O) groups excluding carboxylic acids is 1. The van der Waals surface area contributed by atoms with E-state index in [4.69, 9.17) is 0 Å². The van der Waals surface area contributed by atoms with Crippen LogP contribution in [0.25, 0.3) is 10.9 Å². The van der Waals surface area contributed by atoms with E-state index in [2.05, 4.69) is 16.4 Å². The highest BCUT2D eigenvalue weighted by Gasteiger charge is 2.52. The van der Waals surface area contributed by atoms with Crippen molar-refractivity contribution in [2.45, 2.75) is 25.2 Å². The first kappa shape index (κ1) is 13.1. The molecular formula is C19H18N2O. The number of amides is 1. The Balaban J connectivity index is 1.69. The van der Waals surface area contributed by atoms with E-state index in [1.807, 2.05) is 55.6 Å². The van der Waals surface area contributed by atoms with Crippen molar-refractivity contribution < 1.29 is 4.79 Å². The van der Waals surface area contributed by atoms with E-state index in [-0.39, 0.29) is 11.3 Å². The predicted octanol–water partition coefficient (Wildman–Crippen LogP) is 4.15. The van der Waals surface area contributed by atoms with Crippen LogP contribution in [0.4, 0.5) is 5.69 Å². The molecule has 110 valence electrons. The maximum absolute atomic E-state index is 12.9. The van der Waals surface area contributed by atoms with Gasteiger partial charge in [-0.25, -0.2) is 0 Å². The van der Waals surface area contributed by atoms with Crippen LogP contribution in [-0.4, -0.2) is 10.9 Å². The molecule has 0 unspecified atom stereocenters. The molecule has 2 N–H and O–H groups in total. The lowest BCUT2D eigenvalue weighted by atomic mass is 9.94. The van der Waals surface area contributed by atoms with Gasteiger partial charge in [-0.3, -0.25) is 4.79 Å². The summed E-state index contributed by atoms with van der Waals surface area (Å²) in [6.45, 7) is 2.01. The van der Waals surface area contributed by atoms with Gasteiger partial charge in [0.05, 0.1) is 5.41 Å². The number of aromatic nitrogens is 1. The lowest BCUT2D eigenvalue weighted by Gasteiger charge is -2.16. The molecule has 3 aromatic rings. The summed E-state index contributed by atoms with van der Waals surface area (Å²) in [6.07, 6.45) is 3.81. The second-order valence-corrected chi connectivity index (χ2v) is 6.10. The van der Waals surface area contributed by atoms with Gasteiger partial charge in [0.15, 0.2) is 0 Å². The zero-order valence-electron chi connectivity index (χ0n) is 12.5. The Morgan fingerprint density at radius 1 is 1.09 bits per heavy atom. The van der Waals surface area contributed by atoms with Gasteiger partial charge in [0, 0.05) is 22.8 Å². The Morgan fingerprint density at radius 2 is 1.82 bits per heavy atom. The summed E-state index contributed by atoms with van der Waals surface area (Å²) in [4.78, 5) is 16.2. The highest BCUT2D eigenvalue weighted by atomic mass is 16.2. The number of nitrogens with one attached hydrogen (secondary N) is 2. The van der Waals surface area contributed by atoms with Gasteiger partial charge in [-0.1, -0.05) is 36.4 Å². The highest BCUT2D eigenvalue weighted by molar-refractivity contribution is 6.04. The SMILES string of the molecule is Cc1ccccc1NC(=O)C1(c2c[nH]c3ccccc23)CC1. The van der Waals surface area contributed by atoms with Crippen LogP contribution in [0.15, 0.2) is 54.7 Å². The first-order valence-corrected chi connectivity index (χ1v) is 7.64. The fourth-order valence-corrected chi connectivity index (χ4v) is 3.17. The minimum absolute atomic E-state index is 0.103. The molecule has 1 saturated carbocycles. The molecule has 2 aromatic carbocycles. The standard InChI is InChI=1S/C19H18N2O/c1-13-6-2-4-8-16(13)21-18(22)19(10-11-19)15-12-20-17-9-5-3-7-14(15)17/h2-9,12,20H,10-11H2,1H3,(H,21,22). The summed E-state index contributed by atoms with van der Waals surface area (Å²) in [6, 6.07) is 16.1. The molecule has 0 spiro atoms. The quantitative estimate of drug-likeness (QED) is 0.748. The van der Waals surface area contributed by atoms with Gasteiger partial charge in [-0.15, -0.1) is 0 Å². The Morgan fingerprint density at radius 3 is 2.59 bits per heavy atom. The number of anilines is 1. The minimum Gasteiger partial charge on any atom is -0.361 e. The molecule has 1 aliphatic rings. The smallest absolute Gasteiger partial charge is 0.235 e. The van der Waals surface area contributed by atoms with Crippen LogP contribution in [0.3, 0.4) is 0 Å². The van der Waals surface area contributed by atoms with Crippen molar-refractivity contribution >= 4 is 22.5 Å². The van der Waals surface area contributed by atoms with Gasteiger partial charge in [-0.05, 0) is 43.0 Å². The first-order chi connectivity index (χ1) is 10.7. The number of rotatable bonds is 3. The number of H-pyrrole nitrogens is 1. The summed E-state index contributed by atoms with van der Waals surface area (Å²) in [5.74, 6) is 0.103. The molecule has 0 bridgehead atoms. The minimum atomic E-state index is -0.373. The molecule has 1 amide bonds. The molecule has 0 atom stereocenters. The lowest BCUT2D eigenvalue weighted by molar-refractivity contribution is -0.118. The van der Waals surface area contributed by atoms with Gasteiger partial charge in [0.1, 0.15) is 0 Å². The number of fused-ring (bicyclic) bond motifs is 1. The van der Waals surface area contributed by atoms with Crippen molar-refractivity contribution in [3.8, 4) is 0 Å². The van der Waals surface area contributed by atoms with E-state index in [1.165, 1.54) is 0 Å². The Hall–Kier alpha value is -2.55. The molecule has 1 aromatic heterocycles. The Bertz CT molecular complexity index is 859. The number of carbonyl (C=O) groups is 1. The second kappa shape index (κ2) is 4.73. The fourth-order valence-electron chi connectivity index (χ4n) is 3.17. The predicted molar refractivity (Wildman–Crippen MR) is 89.0 cm³/mol. The third kappa shape index (κ3) is 1.93. The first-order valence-electron chi connectivity index (χ1n) is 7.64. The summed E-state index contributed by atoms with van der Waals surface area (Å²) in [7, 11) is 0. The molecule has 0 aliphatic heterocycles. The maximum Gasteiger partial charge on any atom is 0.235 e. The van der Waals surface area contributed by atoms with Crippen LogP contribution >= 0.6 is 0 Å². The van der Waals surface area contributed by atoms with Gasteiger partial charge in [0.25, 0.3) is 0 Å². The van der Waals surface area contributed by atoms with E-state index < -0.39 is 0 Å². The number of hydrogen-bond donors (Lipinski definition) is 2. The zero-order chi connectivity index (χ0) is 15.2. The van der Waals surface area contributed by atoms with Gasteiger partial charge < -0.3 is 10.3 Å². The van der Waals surface area contributed by atoms with Crippen LogP contribution in [-0.2, 0) is 10.2 Å². The van der Waals surface area contributed by atoms with Crippen molar-refractivity contribution in [3.63, 3.8) is 0 Å². The summed E-state index contributed by atoms with van der Waals surface area (Å²) in [5, 5.41) is 4.27. The monoisotopic (exact) mass is 290 g/mol. The molecular weight excluding hydrogens is 272 g/mol. The van der Waals surface area contributed by atoms with E-state index in [0.717, 1.165) is 40.6 Å². The highest BCUT2D eigenvalue weighted by Crippen LogP contribution is 2.51. The van der Waals surface area contributed by atoms with E-state index in [1.54, 1.807) is 0 Å². The maximum atomic E-state index is 12.9. The number of aryl methyl sites for hydroxylation is 1. The van der Waals surface area contributed by atoms with Crippen molar-refractivity contribution in [1.82, 2.24) is 4.98 Å². The Kier molecular flexibility index (Phi) is 2.83. The number of hydrogen-bond acceptors (Lipinski definition) is 1. The topological polar surface area (TPSA) is 44.9 Å². The van der Waals surface area contributed by atoms with Crippen molar-refractivity contribution in [2.75, 3.05) is 5.32 Å². The summed E-state index contributed by atoms with van der Waals surface area (Å²) < 4.78 is 0. The molecule has 0 radical (unpaired) electrons. The van der Waals surface area contributed by atoms with E-state index in [9.17, 15) is 4.79 Å². The molecule has 1 heterocycles. The lowest BCUT2D eigenvalue weighted by Crippen LogP contribution is -2.27. The average molecular weight is 290 g/mol. The van der Waals surface area contributed by atoms with Crippen LogP contribution in [0.5, 0.6) is 0 Å². The molecule has 3 heteroatoms. The van der Waals surface area contributed by atoms with Gasteiger partial charge >= 0.3 is 0 Å². The molecule has 4 rings (SSSR count). The molecule has 3 nitrogen and oxygen atoms in total. The second-order valence-electron chi connectivity index (χ2n) is 6.10. The summed E-state index contributed by atoms with van der Waals surface area (Å²) >= 11 is 0. The molecule has 22 heavy (non-hydrogen) atoms. The zero-order valence-corrected chi connectivity index (χ0v) is 12.5. The van der Waals surface area contributed by atoms with Crippen LogP contribution < -0.4 is 5.32 Å². The van der Waals surface area contributed by atoms with Crippen LogP contribution in [0, 0.1) is 6.92 Å². The van der Waals surface area contributed by atoms with E-state index >= 15 is 0 Å².